The molecule has 0 aromatic carbocycles. The molecule has 2 saturated carbocycles. The lowest BCUT2D eigenvalue weighted by atomic mass is 9.98. The van der Waals surface area contributed by atoms with Crippen LogP contribution < -0.4 is 5.32 Å². The Hall–Kier alpha value is -1.26. The molecule has 0 aromatic rings. The van der Waals surface area contributed by atoms with Crippen LogP contribution in [0.5, 0.6) is 0 Å². The summed E-state index contributed by atoms with van der Waals surface area (Å²) >= 11 is 0. The van der Waals surface area contributed by atoms with Gasteiger partial charge in [0, 0.05) is 5.41 Å². The molecule has 0 aromatic heterocycles. The average Bonchev–Trinajstić information content (AvgIpc) is 2.67. The molecule has 108 valence electrons. The van der Waals surface area contributed by atoms with E-state index in [1.807, 2.05) is 0 Å². The van der Waals surface area contributed by atoms with Crippen molar-refractivity contribution in [3.05, 3.63) is 0 Å². The first-order valence-corrected chi connectivity index (χ1v) is 6.84. The number of carbonyl (C=O) groups excluding carboxylic acids is 2. The summed E-state index contributed by atoms with van der Waals surface area (Å²) in [4.78, 5) is 24.0. The minimum atomic E-state index is -0.861. The highest BCUT2D eigenvalue weighted by Crippen LogP contribution is 2.66. The van der Waals surface area contributed by atoms with Gasteiger partial charge in [0.05, 0.1) is 7.11 Å². The lowest BCUT2D eigenvalue weighted by Crippen LogP contribution is -2.49. The van der Waals surface area contributed by atoms with Crippen molar-refractivity contribution in [2.75, 3.05) is 7.11 Å². The maximum Gasteiger partial charge on any atom is 0.408 e. The van der Waals surface area contributed by atoms with E-state index in [1.54, 1.807) is 20.8 Å². The topological polar surface area (TPSA) is 64.6 Å². The average molecular weight is 269 g/mol. The maximum atomic E-state index is 12.1. The van der Waals surface area contributed by atoms with Crippen LogP contribution in [0.4, 0.5) is 4.79 Å². The number of hydrogen-bond acceptors (Lipinski definition) is 4. The smallest absolute Gasteiger partial charge is 0.408 e. The Morgan fingerprint density at radius 2 is 1.74 bits per heavy atom. The molecule has 0 unspecified atom stereocenters. The van der Waals surface area contributed by atoms with Crippen molar-refractivity contribution in [2.24, 2.45) is 5.41 Å². The highest BCUT2D eigenvalue weighted by atomic mass is 16.6. The number of amides is 1. The van der Waals surface area contributed by atoms with Crippen LogP contribution in [0.1, 0.15) is 52.9 Å². The van der Waals surface area contributed by atoms with E-state index >= 15 is 0 Å². The standard InChI is InChI=1S/C14H23NO4/c1-12(2,3)19-11(17)15-14(10(16)18-4)9-13(14)7-5-6-8-13/h5-9H2,1-4H3,(H,15,17)/t14-/m1/s1. The SMILES string of the molecule is COC(=O)[C@]1(NC(=O)OC(C)(C)C)CC12CCCC2. The van der Waals surface area contributed by atoms with Gasteiger partial charge in [-0.3, -0.25) is 0 Å². The van der Waals surface area contributed by atoms with Gasteiger partial charge < -0.3 is 14.8 Å². The van der Waals surface area contributed by atoms with Crippen LogP contribution in [0.2, 0.25) is 0 Å². The van der Waals surface area contributed by atoms with Gasteiger partial charge in [0.25, 0.3) is 0 Å². The minimum Gasteiger partial charge on any atom is -0.467 e. The molecule has 1 N–H and O–H groups in total. The summed E-state index contributed by atoms with van der Waals surface area (Å²) in [5.74, 6) is -0.347. The molecule has 0 radical (unpaired) electrons. The molecule has 2 rings (SSSR count). The predicted octanol–water partition coefficient (Wildman–Crippen LogP) is 2.39. The number of alkyl carbamates (subject to hydrolysis) is 1. The molecule has 2 fully saturated rings. The lowest BCUT2D eigenvalue weighted by Gasteiger charge is -2.25. The molecule has 0 bridgehead atoms. The Kier molecular flexibility index (Phi) is 3.27. The quantitative estimate of drug-likeness (QED) is 0.782. The second kappa shape index (κ2) is 4.39. The van der Waals surface area contributed by atoms with Gasteiger partial charge >= 0.3 is 12.1 Å². The van der Waals surface area contributed by atoms with Crippen molar-refractivity contribution in [2.45, 2.75) is 64.0 Å². The number of ether oxygens (including phenoxy) is 2. The number of esters is 1. The van der Waals surface area contributed by atoms with E-state index < -0.39 is 17.2 Å². The van der Waals surface area contributed by atoms with Crippen molar-refractivity contribution in [3.63, 3.8) is 0 Å². The largest absolute Gasteiger partial charge is 0.467 e. The van der Waals surface area contributed by atoms with Crippen molar-refractivity contribution in [1.29, 1.82) is 0 Å². The Morgan fingerprint density at radius 3 is 2.21 bits per heavy atom. The third-order valence-corrected chi connectivity index (χ3v) is 4.19. The van der Waals surface area contributed by atoms with Gasteiger partial charge in [-0.2, -0.15) is 0 Å². The molecule has 19 heavy (non-hydrogen) atoms. The predicted molar refractivity (Wildman–Crippen MR) is 69.6 cm³/mol. The molecular formula is C14H23NO4. The fourth-order valence-corrected chi connectivity index (χ4v) is 3.29. The fourth-order valence-electron chi connectivity index (χ4n) is 3.29. The molecule has 1 spiro atoms. The van der Waals surface area contributed by atoms with Gasteiger partial charge in [-0.1, -0.05) is 12.8 Å². The van der Waals surface area contributed by atoms with E-state index in [0.29, 0.717) is 6.42 Å². The molecule has 2 aliphatic rings. The number of rotatable bonds is 2. The van der Waals surface area contributed by atoms with E-state index in [0.717, 1.165) is 25.7 Å². The Bertz CT molecular complexity index is 393. The van der Waals surface area contributed by atoms with Crippen molar-refractivity contribution in [1.82, 2.24) is 5.32 Å². The highest BCUT2D eigenvalue weighted by molar-refractivity contribution is 5.91. The third kappa shape index (κ3) is 2.42. The van der Waals surface area contributed by atoms with Crippen LogP contribution >= 0.6 is 0 Å². The van der Waals surface area contributed by atoms with Crippen molar-refractivity contribution in [3.8, 4) is 0 Å². The Balaban J connectivity index is 2.09. The van der Waals surface area contributed by atoms with Crippen LogP contribution in [0.15, 0.2) is 0 Å². The number of carbonyl (C=O) groups is 2. The monoisotopic (exact) mass is 269 g/mol. The third-order valence-electron chi connectivity index (χ3n) is 4.19. The van der Waals surface area contributed by atoms with E-state index in [4.69, 9.17) is 9.47 Å². The van der Waals surface area contributed by atoms with Gasteiger partial charge in [-0.15, -0.1) is 0 Å². The summed E-state index contributed by atoms with van der Waals surface area (Å²) < 4.78 is 10.1. The summed E-state index contributed by atoms with van der Waals surface area (Å²) in [5, 5.41) is 2.77. The van der Waals surface area contributed by atoms with E-state index in [-0.39, 0.29) is 11.4 Å². The normalized spacial score (nSPS) is 28.0. The highest BCUT2D eigenvalue weighted by Gasteiger charge is 2.74. The number of hydrogen-bond donors (Lipinski definition) is 1. The van der Waals surface area contributed by atoms with E-state index in [2.05, 4.69) is 5.32 Å². The van der Waals surface area contributed by atoms with Crippen LogP contribution in [-0.2, 0) is 14.3 Å². The van der Waals surface area contributed by atoms with E-state index in [9.17, 15) is 9.59 Å². The molecule has 0 heterocycles. The lowest BCUT2D eigenvalue weighted by molar-refractivity contribution is -0.145. The van der Waals surface area contributed by atoms with Gasteiger partial charge in [0.1, 0.15) is 11.1 Å². The molecule has 5 heteroatoms. The number of nitrogens with one attached hydrogen (secondary N) is 1. The Morgan fingerprint density at radius 1 is 1.16 bits per heavy atom. The van der Waals surface area contributed by atoms with Crippen LogP contribution in [-0.4, -0.2) is 30.3 Å². The summed E-state index contributed by atoms with van der Waals surface area (Å²) in [5.41, 5.74) is -1.53. The molecular weight excluding hydrogens is 246 g/mol. The van der Waals surface area contributed by atoms with Crippen molar-refractivity contribution < 1.29 is 19.1 Å². The van der Waals surface area contributed by atoms with Crippen LogP contribution in [0.25, 0.3) is 0 Å². The zero-order chi connectivity index (χ0) is 14.3. The first-order valence-electron chi connectivity index (χ1n) is 6.84. The molecule has 1 amide bonds. The maximum absolute atomic E-state index is 12.1. The summed E-state index contributed by atoms with van der Waals surface area (Å²) in [7, 11) is 1.36. The van der Waals surface area contributed by atoms with Gasteiger partial charge in [-0.05, 0) is 40.0 Å². The van der Waals surface area contributed by atoms with Gasteiger partial charge in [0.2, 0.25) is 0 Å². The molecule has 2 aliphatic carbocycles. The molecule has 1 atom stereocenters. The Labute approximate surface area is 114 Å². The second-order valence-electron chi connectivity index (χ2n) is 6.69. The van der Waals surface area contributed by atoms with Gasteiger partial charge in [0.15, 0.2) is 0 Å². The van der Waals surface area contributed by atoms with Crippen LogP contribution in [0.3, 0.4) is 0 Å². The molecule has 0 aliphatic heterocycles. The number of methoxy groups -OCH3 is 1. The zero-order valence-electron chi connectivity index (χ0n) is 12.2. The summed E-state index contributed by atoms with van der Waals surface area (Å²) in [6.45, 7) is 5.40. The summed E-state index contributed by atoms with van der Waals surface area (Å²) in [6, 6.07) is 0. The second-order valence-corrected chi connectivity index (χ2v) is 6.69. The van der Waals surface area contributed by atoms with E-state index in [1.165, 1.54) is 7.11 Å². The minimum absolute atomic E-state index is 0.100. The van der Waals surface area contributed by atoms with Crippen LogP contribution in [0, 0.1) is 5.41 Å². The summed E-state index contributed by atoms with van der Waals surface area (Å²) in [6.07, 6.45) is 4.28. The first-order chi connectivity index (χ1) is 8.75. The zero-order valence-corrected chi connectivity index (χ0v) is 12.2. The molecule has 0 saturated heterocycles. The first kappa shape index (κ1) is 14.2. The van der Waals surface area contributed by atoms with Gasteiger partial charge in [-0.25, -0.2) is 9.59 Å². The fraction of sp³-hybridized carbons (Fsp3) is 0.857. The molecule has 5 nitrogen and oxygen atoms in total. The van der Waals surface area contributed by atoms with Crippen molar-refractivity contribution >= 4 is 12.1 Å².